The third kappa shape index (κ3) is 3.78. The van der Waals surface area contributed by atoms with Crippen molar-refractivity contribution in [3.05, 3.63) is 52.8 Å². The number of aromatic amines is 1. The van der Waals surface area contributed by atoms with Crippen LogP contribution in [0.15, 0.2) is 30.3 Å². The summed E-state index contributed by atoms with van der Waals surface area (Å²) in [4.78, 5) is 0. The SMILES string of the molecule is Cc1cc(C(F)=Cc2ccc(CC(C)C)cc2)n[nH]1. The van der Waals surface area contributed by atoms with Crippen LogP contribution in [0.25, 0.3) is 11.9 Å². The van der Waals surface area contributed by atoms with Crippen LogP contribution in [0.5, 0.6) is 0 Å². The smallest absolute Gasteiger partial charge is 0.151 e. The zero-order valence-electron chi connectivity index (χ0n) is 11.6. The summed E-state index contributed by atoms with van der Waals surface area (Å²) in [5.74, 6) is 0.311. The maximum Gasteiger partial charge on any atom is 0.151 e. The summed E-state index contributed by atoms with van der Waals surface area (Å²) in [5.41, 5.74) is 3.34. The van der Waals surface area contributed by atoms with Crippen LogP contribution in [0.1, 0.15) is 36.4 Å². The van der Waals surface area contributed by atoms with Gasteiger partial charge in [0.15, 0.2) is 5.83 Å². The molecule has 0 spiro atoms. The fourth-order valence-electron chi connectivity index (χ4n) is 1.98. The Hall–Kier alpha value is -1.90. The molecule has 0 aliphatic rings. The number of aromatic nitrogens is 2. The third-order valence-corrected chi connectivity index (χ3v) is 2.87. The lowest BCUT2D eigenvalue weighted by Gasteiger charge is -2.04. The van der Waals surface area contributed by atoms with E-state index in [1.807, 2.05) is 19.1 Å². The summed E-state index contributed by atoms with van der Waals surface area (Å²) in [7, 11) is 0. The molecule has 2 rings (SSSR count). The Kier molecular flexibility index (Phi) is 4.15. The van der Waals surface area contributed by atoms with Gasteiger partial charge in [-0.1, -0.05) is 38.1 Å². The first-order valence-corrected chi connectivity index (χ1v) is 6.53. The zero-order chi connectivity index (χ0) is 13.8. The summed E-state index contributed by atoms with van der Waals surface area (Å²) in [6.07, 6.45) is 2.56. The average molecular weight is 258 g/mol. The molecule has 100 valence electrons. The summed E-state index contributed by atoms with van der Waals surface area (Å²) in [6.45, 7) is 6.23. The first-order chi connectivity index (χ1) is 9.04. The average Bonchev–Trinajstić information content (AvgIpc) is 2.78. The lowest BCUT2D eigenvalue weighted by atomic mass is 10.0. The van der Waals surface area contributed by atoms with Crippen LogP contribution in [-0.4, -0.2) is 10.2 Å². The second-order valence-electron chi connectivity index (χ2n) is 5.27. The fraction of sp³-hybridized carbons (Fsp3) is 0.312. The predicted octanol–water partition coefficient (Wildman–Crippen LogP) is 4.38. The molecule has 0 fully saturated rings. The second kappa shape index (κ2) is 5.83. The number of aryl methyl sites for hydroxylation is 1. The van der Waals surface area contributed by atoms with Crippen molar-refractivity contribution in [3.8, 4) is 0 Å². The van der Waals surface area contributed by atoms with Gasteiger partial charge in [-0.15, -0.1) is 0 Å². The Morgan fingerprint density at radius 2 is 2.00 bits per heavy atom. The van der Waals surface area contributed by atoms with Gasteiger partial charge < -0.3 is 0 Å². The van der Waals surface area contributed by atoms with Gasteiger partial charge in [-0.25, -0.2) is 4.39 Å². The van der Waals surface area contributed by atoms with Gasteiger partial charge in [-0.2, -0.15) is 5.10 Å². The predicted molar refractivity (Wildman–Crippen MR) is 77.3 cm³/mol. The maximum atomic E-state index is 13.9. The minimum atomic E-state index is -0.319. The number of H-pyrrole nitrogens is 1. The van der Waals surface area contributed by atoms with Crippen LogP contribution in [0.2, 0.25) is 0 Å². The van der Waals surface area contributed by atoms with Crippen LogP contribution in [0, 0.1) is 12.8 Å². The van der Waals surface area contributed by atoms with Gasteiger partial charge in [-0.3, -0.25) is 5.10 Å². The van der Waals surface area contributed by atoms with Crippen molar-refractivity contribution in [2.75, 3.05) is 0 Å². The molecular weight excluding hydrogens is 239 g/mol. The molecule has 19 heavy (non-hydrogen) atoms. The van der Waals surface area contributed by atoms with E-state index in [-0.39, 0.29) is 5.83 Å². The van der Waals surface area contributed by atoms with Gasteiger partial charge in [0, 0.05) is 5.69 Å². The molecule has 0 unspecified atom stereocenters. The lowest BCUT2D eigenvalue weighted by Crippen LogP contribution is -1.93. The van der Waals surface area contributed by atoms with E-state index in [0.717, 1.165) is 17.7 Å². The lowest BCUT2D eigenvalue weighted by molar-refractivity contribution is 0.647. The zero-order valence-corrected chi connectivity index (χ0v) is 11.6. The van der Waals surface area contributed by atoms with Gasteiger partial charge in [0.2, 0.25) is 0 Å². The normalized spacial score (nSPS) is 12.2. The van der Waals surface area contributed by atoms with Crippen molar-refractivity contribution < 1.29 is 4.39 Å². The monoisotopic (exact) mass is 258 g/mol. The Morgan fingerprint density at radius 3 is 2.53 bits per heavy atom. The van der Waals surface area contributed by atoms with E-state index in [9.17, 15) is 4.39 Å². The van der Waals surface area contributed by atoms with E-state index in [0.29, 0.717) is 11.6 Å². The number of halogens is 1. The summed E-state index contributed by atoms with van der Waals surface area (Å²) in [6, 6.07) is 9.68. The van der Waals surface area contributed by atoms with Crippen molar-refractivity contribution >= 4 is 11.9 Å². The molecule has 3 heteroatoms. The fourth-order valence-corrected chi connectivity index (χ4v) is 1.98. The number of rotatable bonds is 4. The highest BCUT2D eigenvalue weighted by atomic mass is 19.1. The third-order valence-electron chi connectivity index (χ3n) is 2.87. The maximum absolute atomic E-state index is 13.9. The first-order valence-electron chi connectivity index (χ1n) is 6.53. The quantitative estimate of drug-likeness (QED) is 0.866. The van der Waals surface area contributed by atoms with Crippen molar-refractivity contribution in [2.24, 2.45) is 5.92 Å². The molecule has 0 bridgehead atoms. The molecule has 0 radical (unpaired) electrons. The van der Waals surface area contributed by atoms with E-state index in [4.69, 9.17) is 0 Å². The van der Waals surface area contributed by atoms with Gasteiger partial charge in [0.1, 0.15) is 5.69 Å². The van der Waals surface area contributed by atoms with Gasteiger partial charge in [0.25, 0.3) is 0 Å². The van der Waals surface area contributed by atoms with Gasteiger partial charge >= 0.3 is 0 Å². The molecule has 0 amide bonds. The minimum Gasteiger partial charge on any atom is -0.282 e. The molecule has 0 atom stereocenters. The van der Waals surface area contributed by atoms with Crippen molar-refractivity contribution in [2.45, 2.75) is 27.2 Å². The number of benzene rings is 1. The molecule has 1 aromatic heterocycles. The Balaban J connectivity index is 2.14. The minimum absolute atomic E-state index is 0.319. The topological polar surface area (TPSA) is 28.7 Å². The molecule has 0 saturated carbocycles. The van der Waals surface area contributed by atoms with Crippen LogP contribution < -0.4 is 0 Å². The van der Waals surface area contributed by atoms with Crippen molar-refractivity contribution in [3.63, 3.8) is 0 Å². The second-order valence-corrected chi connectivity index (χ2v) is 5.27. The van der Waals surface area contributed by atoms with Crippen molar-refractivity contribution in [1.29, 1.82) is 0 Å². The van der Waals surface area contributed by atoms with Gasteiger partial charge in [0.05, 0.1) is 0 Å². The molecule has 0 aliphatic heterocycles. The molecule has 2 aromatic rings. The van der Waals surface area contributed by atoms with Crippen LogP contribution >= 0.6 is 0 Å². The van der Waals surface area contributed by atoms with Crippen LogP contribution in [0.4, 0.5) is 4.39 Å². The highest BCUT2D eigenvalue weighted by Gasteiger charge is 2.04. The van der Waals surface area contributed by atoms with E-state index in [1.165, 1.54) is 11.6 Å². The molecule has 1 N–H and O–H groups in total. The van der Waals surface area contributed by atoms with E-state index >= 15 is 0 Å². The van der Waals surface area contributed by atoms with E-state index in [2.05, 4.69) is 36.2 Å². The first kappa shape index (κ1) is 13.5. The van der Waals surface area contributed by atoms with E-state index in [1.54, 1.807) is 6.07 Å². The Labute approximate surface area is 113 Å². The highest BCUT2D eigenvalue weighted by molar-refractivity contribution is 5.75. The number of nitrogens with one attached hydrogen (secondary N) is 1. The molecule has 0 aliphatic carbocycles. The van der Waals surface area contributed by atoms with Crippen LogP contribution in [0.3, 0.4) is 0 Å². The molecule has 1 heterocycles. The Bertz CT molecular complexity index is 565. The van der Waals surface area contributed by atoms with Crippen molar-refractivity contribution in [1.82, 2.24) is 10.2 Å². The standard InChI is InChI=1S/C16H19FN2/c1-11(2)8-13-4-6-14(7-5-13)10-15(17)16-9-12(3)18-19-16/h4-7,9-11H,8H2,1-3H3,(H,18,19). The molecule has 0 saturated heterocycles. The number of hydrogen-bond donors (Lipinski definition) is 1. The van der Waals surface area contributed by atoms with Crippen LogP contribution in [-0.2, 0) is 6.42 Å². The highest BCUT2D eigenvalue weighted by Crippen LogP contribution is 2.19. The summed E-state index contributed by atoms with van der Waals surface area (Å²) in [5, 5.41) is 6.64. The summed E-state index contributed by atoms with van der Waals surface area (Å²) < 4.78 is 13.9. The number of hydrogen-bond acceptors (Lipinski definition) is 1. The molecular formula is C16H19FN2. The largest absolute Gasteiger partial charge is 0.282 e. The number of nitrogens with zero attached hydrogens (tertiary/aromatic N) is 1. The molecule has 1 aromatic carbocycles. The van der Waals surface area contributed by atoms with E-state index < -0.39 is 0 Å². The Morgan fingerprint density at radius 1 is 1.32 bits per heavy atom. The summed E-state index contributed by atoms with van der Waals surface area (Å²) >= 11 is 0. The molecule has 2 nitrogen and oxygen atoms in total. The van der Waals surface area contributed by atoms with Gasteiger partial charge in [-0.05, 0) is 42.5 Å².